The second-order valence-corrected chi connectivity index (χ2v) is 8.59. The van der Waals surface area contributed by atoms with Gasteiger partial charge in [-0.25, -0.2) is 4.98 Å². The lowest BCUT2D eigenvalue weighted by Crippen LogP contribution is -2.54. The van der Waals surface area contributed by atoms with Crippen LogP contribution < -0.4 is 20.1 Å². The van der Waals surface area contributed by atoms with Gasteiger partial charge in [-0.3, -0.25) is 4.68 Å². The minimum Gasteiger partial charge on any atom is -0.468 e. The minimum absolute atomic E-state index is 0.141. The third-order valence-electron chi connectivity index (χ3n) is 5.81. The lowest BCUT2D eigenvalue weighted by molar-refractivity contribution is -0.154. The fraction of sp³-hybridized carbons (Fsp3) is 0.478. The number of allylic oxidation sites excluding steroid dienone is 2. The highest BCUT2D eigenvalue weighted by Crippen LogP contribution is 2.40. The number of rotatable bonds is 8. The predicted molar refractivity (Wildman–Crippen MR) is 117 cm³/mol. The molecule has 1 aliphatic carbocycles. The van der Waals surface area contributed by atoms with Crippen LogP contribution in [0.1, 0.15) is 43.3 Å². The molecule has 1 unspecified atom stereocenters. The Labute approximate surface area is 194 Å². The molecule has 0 radical (unpaired) electrons. The summed E-state index contributed by atoms with van der Waals surface area (Å²) in [7, 11) is 0. The number of nitrogens with zero attached hydrogens (tertiary/aromatic N) is 3. The Morgan fingerprint density at radius 3 is 2.74 bits per heavy atom. The van der Waals surface area contributed by atoms with Crippen molar-refractivity contribution in [2.24, 2.45) is 0 Å². The zero-order valence-corrected chi connectivity index (χ0v) is 18.4. The number of ether oxygens (including phenoxy) is 3. The Morgan fingerprint density at radius 2 is 2.03 bits per heavy atom. The molecule has 2 aliphatic heterocycles. The van der Waals surface area contributed by atoms with E-state index < -0.39 is 18.6 Å². The first kappa shape index (κ1) is 22.6. The van der Waals surface area contributed by atoms with Gasteiger partial charge in [-0.05, 0) is 37.8 Å². The molecule has 0 spiro atoms. The largest absolute Gasteiger partial charge is 0.468 e. The van der Waals surface area contributed by atoms with Crippen molar-refractivity contribution in [2.75, 3.05) is 25.1 Å². The van der Waals surface area contributed by atoms with Gasteiger partial charge in [-0.1, -0.05) is 6.08 Å². The molecule has 0 aromatic carbocycles. The summed E-state index contributed by atoms with van der Waals surface area (Å²) in [5.41, 5.74) is 1.37. The lowest BCUT2D eigenvalue weighted by atomic mass is 9.96. The van der Waals surface area contributed by atoms with E-state index in [1.54, 1.807) is 18.3 Å². The Morgan fingerprint density at radius 1 is 1.21 bits per heavy atom. The van der Waals surface area contributed by atoms with Gasteiger partial charge in [-0.15, -0.1) is 0 Å². The van der Waals surface area contributed by atoms with Crippen LogP contribution in [0.4, 0.5) is 18.9 Å². The van der Waals surface area contributed by atoms with E-state index in [2.05, 4.69) is 15.6 Å². The fourth-order valence-electron chi connectivity index (χ4n) is 3.99. The molecule has 34 heavy (non-hydrogen) atoms. The Hall–Kier alpha value is -3.21. The number of hydrogen-bond donors (Lipinski definition) is 2. The maximum absolute atomic E-state index is 12.5. The SMILES string of the molecule is FC(F)(F)COc1cc(NC2(Oc3cn(C4CC4)nc3C3CCOCC3)C=CC=CN2)ccn1. The van der Waals surface area contributed by atoms with E-state index in [4.69, 9.17) is 19.3 Å². The zero-order chi connectivity index (χ0) is 23.6. The number of nitrogens with one attached hydrogen (secondary N) is 2. The third-order valence-corrected chi connectivity index (χ3v) is 5.81. The Bertz CT molecular complexity index is 1060. The average molecular weight is 477 g/mol. The summed E-state index contributed by atoms with van der Waals surface area (Å²) >= 11 is 0. The van der Waals surface area contributed by atoms with Crippen molar-refractivity contribution in [3.8, 4) is 11.6 Å². The van der Waals surface area contributed by atoms with E-state index in [0.717, 1.165) is 31.4 Å². The number of halogens is 3. The molecule has 3 aliphatic rings. The van der Waals surface area contributed by atoms with Crippen molar-refractivity contribution in [1.82, 2.24) is 20.1 Å². The standard InChI is InChI=1S/C23H26F3N5O3/c24-22(25,26)15-33-20-13-17(5-10-27-20)29-23(8-1-2-9-28-23)34-19-14-31(18-3-4-18)30-21(19)16-6-11-32-12-7-16/h1-2,5,8-10,13-14,16,18,28H,3-4,6-7,11-12,15H2,(H,27,29). The summed E-state index contributed by atoms with van der Waals surface area (Å²) in [5, 5.41) is 11.3. The molecule has 4 heterocycles. The van der Waals surface area contributed by atoms with E-state index in [9.17, 15) is 13.2 Å². The summed E-state index contributed by atoms with van der Waals surface area (Å²) in [6.45, 7) is -0.0500. The first-order valence-electron chi connectivity index (χ1n) is 11.3. The van der Waals surface area contributed by atoms with Gasteiger partial charge >= 0.3 is 6.18 Å². The van der Waals surface area contributed by atoms with Crippen molar-refractivity contribution in [3.63, 3.8) is 0 Å². The number of alkyl halides is 3. The molecule has 182 valence electrons. The van der Waals surface area contributed by atoms with Crippen molar-refractivity contribution in [2.45, 2.75) is 49.7 Å². The number of anilines is 1. The highest BCUT2D eigenvalue weighted by Gasteiger charge is 2.35. The zero-order valence-electron chi connectivity index (χ0n) is 18.4. The second kappa shape index (κ2) is 9.21. The van der Waals surface area contributed by atoms with Crippen LogP contribution in [-0.2, 0) is 4.74 Å². The summed E-state index contributed by atoms with van der Waals surface area (Å²) in [4.78, 5) is 3.87. The third kappa shape index (κ3) is 5.46. The quantitative estimate of drug-likeness (QED) is 0.550. The minimum atomic E-state index is -4.45. The van der Waals surface area contributed by atoms with Gasteiger partial charge in [0.05, 0.1) is 12.2 Å². The summed E-state index contributed by atoms with van der Waals surface area (Å²) in [6.07, 6.45) is 9.96. The van der Waals surface area contributed by atoms with Crippen molar-refractivity contribution < 1.29 is 27.4 Å². The molecule has 1 atom stereocenters. The van der Waals surface area contributed by atoms with E-state index in [0.29, 0.717) is 30.7 Å². The van der Waals surface area contributed by atoms with Crippen LogP contribution in [0.5, 0.6) is 11.6 Å². The second-order valence-electron chi connectivity index (χ2n) is 8.59. The maximum Gasteiger partial charge on any atom is 0.422 e. The van der Waals surface area contributed by atoms with Gasteiger partial charge in [0.25, 0.3) is 5.85 Å². The first-order chi connectivity index (χ1) is 16.4. The summed E-state index contributed by atoms with van der Waals surface area (Å²) < 4.78 is 56.4. The van der Waals surface area contributed by atoms with Crippen molar-refractivity contribution in [1.29, 1.82) is 0 Å². The molecule has 1 saturated heterocycles. The molecule has 2 aromatic heterocycles. The van der Waals surface area contributed by atoms with Gasteiger partial charge < -0.3 is 24.8 Å². The first-order valence-corrected chi connectivity index (χ1v) is 11.3. The fourth-order valence-corrected chi connectivity index (χ4v) is 3.99. The van der Waals surface area contributed by atoms with Crippen LogP contribution >= 0.6 is 0 Å². The van der Waals surface area contributed by atoms with Crippen LogP contribution in [0.3, 0.4) is 0 Å². The monoisotopic (exact) mass is 477 g/mol. The number of dihydropyridines is 1. The molecule has 2 N–H and O–H groups in total. The normalized spacial score (nSPS) is 22.9. The topological polar surface area (TPSA) is 82.5 Å². The number of hydrogen-bond acceptors (Lipinski definition) is 7. The molecule has 8 nitrogen and oxygen atoms in total. The molecule has 11 heteroatoms. The van der Waals surface area contributed by atoms with Gasteiger partial charge in [0.1, 0.15) is 5.69 Å². The Kier molecular flexibility index (Phi) is 6.11. The summed E-state index contributed by atoms with van der Waals surface area (Å²) in [5.74, 6) is -0.444. The van der Waals surface area contributed by atoms with E-state index in [-0.39, 0.29) is 11.8 Å². The van der Waals surface area contributed by atoms with Gasteiger partial charge in [-0.2, -0.15) is 18.3 Å². The van der Waals surface area contributed by atoms with Gasteiger partial charge in [0, 0.05) is 49.4 Å². The van der Waals surface area contributed by atoms with E-state index in [1.165, 1.54) is 12.3 Å². The van der Waals surface area contributed by atoms with E-state index >= 15 is 0 Å². The van der Waals surface area contributed by atoms with Crippen LogP contribution in [0.25, 0.3) is 0 Å². The maximum atomic E-state index is 12.5. The Balaban J connectivity index is 1.39. The molecule has 2 fully saturated rings. The van der Waals surface area contributed by atoms with Gasteiger partial charge in [0.15, 0.2) is 12.4 Å². The molecule has 2 aromatic rings. The molecule has 5 rings (SSSR count). The van der Waals surface area contributed by atoms with Crippen LogP contribution in [-0.4, -0.2) is 46.6 Å². The summed E-state index contributed by atoms with van der Waals surface area (Å²) in [6, 6.07) is 3.42. The lowest BCUT2D eigenvalue weighted by Gasteiger charge is -2.35. The molecular weight excluding hydrogens is 451 g/mol. The molecular formula is C23H26F3N5O3. The molecule has 1 saturated carbocycles. The van der Waals surface area contributed by atoms with Crippen molar-refractivity contribution >= 4 is 5.69 Å². The average Bonchev–Trinajstić information content (AvgIpc) is 3.59. The van der Waals surface area contributed by atoms with Gasteiger partial charge in [0.2, 0.25) is 5.88 Å². The highest BCUT2D eigenvalue weighted by molar-refractivity contribution is 5.49. The number of pyridine rings is 1. The van der Waals surface area contributed by atoms with E-state index in [1.807, 2.05) is 23.0 Å². The predicted octanol–water partition coefficient (Wildman–Crippen LogP) is 4.27. The van der Waals surface area contributed by atoms with Crippen LogP contribution in [0, 0.1) is 0 Å². The highest BCUT2D eigenvalue weighted by atomic mass is 19.4. The smallest absolute Gasteiger partial charge is 0.422 e. The van der Waals surface area contributed by atoms with Crippen LogP contribution in [0.2, 0.25) is 0 Å². The molecule has 0 amide bonds. The van der Waals surface area contributed by atoms with Crippen LogP contribution in [0.15, 0.2) is 49.0 Å². The van der Waals surface area contributed by atoms with Crippen molar-refractivity contribution in [3.05, 3.63) is 54.6 Å². The number of aromatic nitrogens is 3. The molecule has 0 bridgehead atoms.